The van der Waals surface area contributed by atoms with Crippen LogP contribution in [-0.2, 0) is 16.6 Å². The van der Waals surface area contributed by atoms with Gasteiger partial charge >= 0.3 is 0 Å². The second-order valence-electron chi connectivity index (χ2n) is 4.96. The van der Waals surface area contributed by atoms with Crippen molar-refractivity contribution in [3.05, 3.63) is 17.5 Å². The van der Waals surface area contributed by atoms with Crippen LogP contribution in [0.3, 0.4) is 0 Å². The number of nitrogens with zero attached hydrogens (tertiary/aromatic N) is 2. The minimum absolute atomic E-state index is 0.0279. The van der Waals surface area contributed by atoms with Crippen LogP contribution in [0.1, 0.15) is 43.4 Å². The van der Waals surface area contributed by atoms with Gasteiger partial charge in [-0.05, 0) is 18.9 Å². The predicted molar refractivity (Wildman–Crippen MR) is 66.9 cm³/mol. The molecule has 0 aromatic carbocycles. The van der Waals surface area contributed by atoms with E-state index in [0.29, 0.717) is 6.42 Å². The zero-order chi connectivity index (χ0) is 13.3. The number of amides is 2. The van der Waals surface area contributed by atoms with Gasteiger partial charge in [-0.1, -0.05) is 13.3 Å². The molecular formula is C13H19N3O2. The minimum Gasteiger partial charge on any atom is -0.296 e. The topological polar surface area (TPSA) is 64.0 Å². The van der Waals surface area contributed by atoms with Gasteiger partial charge < -0.3 is 0 Å². The van der Waals surface area contributed by atoms with E-state index in [2.05, 4.69) is 17.3 Å². The summed E-state index contributed by atoms with van der Waals surface area (Å²) >= 11 is 0. The summed E-state index contributed by atoms with van der Waals surface area (Å²) in [7, 11) is 1.86. The molecular weight excluding hydrogens is 230 g/mol. The molecule has 1 aromatic heterocycles. The van der Waals surface area contributed by atoms with Crippen LogP contribution in [0, 0.1) is 12.8 Å². The van der Waals surface area contributed by atoms with E-state index in [1.807, 2.05) is 20.2 Å². The van der Waals surface area contributed by atoms with Crippen molar-refractivity contribution in [2.45, 2.75) is 39.0 Å². The number of aryl methyl sites for hydroxylation is 2. The van der Waals surface area contributed by atoms with E-state index in [0.717, 1.165) is 24.1 Å². The lowest BCUT2D eigenvalue weighted by Crippen LogP contribution is -2.44. The third-order valence-corrected chi connectivity index (χ3v) is 3.54. The largest absolute Gasteiger partial charge is 0.296 e. The fourth-order valence-corrected chi connectivity index (χ4v) is 2.76. The molecule has 5 nitrogen and oxygen atoms in total. The first kappa shape index (κ1) is 12.8. The number of carbonyl (C=O) groups is 2. The van der Waals surface area contributed by atoms with E-state index < -0.39 is 0 Å². The first-order valence-corrected chi connectivity index (χ1v) is 6.36. The normalized spacial score (nSPS) is 24.2. The van der Waals surface area contributed by atoms with E-state index in [1.165, 1.54) is 0 Å². The Hall–Kier alpha value is -1.65. The van der Waals surface area contributed by atoms with Crippen molar-refractivity contribution < 1.29 is 9.59 Å². The molecule has 0 aliphatic carbocycles. The second kappa shape index (κ2) is 4.92. The quantitative estimate of drug-likeness (QED) is 0.821. The van der Waals surface area contributed by atoms with Gasteiger partial charge in [0.25, 0.3) is 0 Å². The second-order valence-corrected chi connectivity index (χ2v) is 4.96. The lowest BCUT2D eigenvalue weighted by atomic mass is 9.78. The summed E-state index contributed by atoms with van der Waals surface area (Å²) in [4.78, 5) is 23.5. The van der Waals surface area contributed by atoms with Crippen molar-refractivity contribution in [2.24, 2.45) is 13.0 Å². The third-order valence-electron chi connectivity index (χ3n) is 3.54. The Labute approximate surface area is 107 Å². The summed E-state index contributed by atoms with van der Waals surface area (Å²) in [6.45, 7) is 3.98. The lowest BCUT2D eigenvalue weighted by Gasteiger charge is -2.29. The summed E-state index contributed by atoms with van der Waals surface area (Å²) in [5.74, 6) is -0.461. The number of hydrogen-bond donors (Lipinski definition) is 1. The molecule has 2 heterocycles. The molecule has 0 bridgehead atoms. The minimum atomic E-state index is -0.180. The Morgan fingerprint density at radius 1 is 1.50 bits per heavy atom. The fraction of sp³-hybridized carbons (Fsp3) is 0.615. The molecule has 1 N–H and O–H groups in total. The highest BCUT2D eigenvalue weighted by Crippen LogP contribution is 2.35. The van der Waals surface area contributed by atoms with Crippen LogP contribution in [0.4, 0.5) is 0 Å². The molecule has 0 spiro atoms. The molecule has 18 heavy (non-hydrogen) atoms. The van der Waals surface area contributed by atoms with Gasteiger partial charge in [-0.2, -0.15) is 5.10 Å². The molecule has 1 aliphatic heterocycles. The molecule has 1 aromatic rings. The smallest absolute Gasteiger partial charge is 0.230 e. The van der Waals surface area contributed by atoms with Crippen molar-refractivity contribution in [2.75, 3.05) is 0 Å². The van der Waals surface area contributed by atoms with Crippen molar-refractivity contribution >= 4 is 11.8 Å². The monoisotopic (exact) mass is 249 g/mol. The van der Waals surface area contributed by atoms with Crippen LogP contribution in [-0.4, -0.2) is 21.6 Å². The third kappa shape index (κ3) is 2.30. The Morgan fingerprint density at radius 3 is 2.78 bits per heavy atom. The van der Waals surface area contributed by atoms with Crippen molar-refractivity contribution in [1.82, 2.24) is 15.1 Å². The summed E-state index contributed by atoms with van der Waals surface area (Å²) in [5, 5.41) is 6.74. The number of carbonyl (C=O) groups excluding carboxylic acids is 2. The zero-order valence-corrected chi connectivity index (χ0v) is 11.1. The maximum absolute atomic E-state index is 11.9. The maximum atomic E-state index is 11.9. The average Bonchev–Trinajstić information content (AvgIpc) is 2.61. The van der Waals surface area contributed by atoms with Gasteiger partial charge in [-0.3, -0.25) is 19.6 Å². The molecule has 2 atom stereocenters. The Morgan fingerprint density at radius 2 is 2.22 bits per heavy atom. The lowest BCUT2D eigenvalue weighted by molar-refractivity contribution is -0.137. The summed E-state index contributed by atoms with van der Waals surface area (Å²) in [6.07, 6.45) is 4.04. The van der Waals surface area contributed by atoms with Crippen molar-refractivity contribution in [1.29, 1.82) is 0 Å². The van der Waals surface area contributed by atoms with E-state index in [9.17, 15) is 9.59 Å². The number of imide groups is 1. The number of rotatable bonds is 3. The number of nitrogens with one attached hydrogen (secondary N) is 1. The first-order valence-electron chi connectivity index (χ1n) is 6.36. The van der Waals surface area contributed by atoms with Gasteiger partial charge in [0, 0.05) is 31.5 Å². The van der Waals surface area contributed by atoms with Crippen LogP contribution in [0.25, 0.3) is 0 Å². The molecule has 2 unspecified atom stereocenters. The number of piperidine rings is 1. The molecule has 1 saturated heterocycles. The van der Waals surface area contributed by atoms with E-state index in [-0.39, 0.29) is 23.7 Å². The first-order chi connectivity index (χ1) is 8.52. The molecule has 5 heteroatoms. The van der Waals surface area contributed by atoms with Crippen LogP contribution >= 0.6 is 0 Å². The Balaban J connectivity index is 2.34. The maximum Gasteiger partial charge on any atom is 0.230 e. The molecule has 98 valence electrons. The van der Waals surface area contributed by atoms with Crippen molar-refractivity contribution in [3.63, 3.8) is 0 Å². The van der Waals surface area contributed by atoms with Gasteiger partial charge in [0.15, 0.2) is 0 Å². The average molecular weight is 249 g/mol. The SMILES string of the molecule is CCCC1C(=O)NC(=O)CC1c1cn(C)nc1C. The fourth-order valence-electron chi connectivity index (χ4n) is 2.76. The highest BCUT2D eigenvalue weighted by Gasteiger charge is 2.37. The van der Waals surface area contributed by atoms with Gasteiger partial charge in [0.05, 0.1) is 5.69 Å². The van der Waals surface area contributed by atoms with Crippen LogP contribution in [0.5, 0.6) is 0 Å². The zero-order valence-electron chi connectivity index (χ0n) is 11.1. The van der Waals surface area contributed by atoms with Gasteiger partial charge in [0.2, 0.25) is 11.8 Å². The predicted octanol–water partition coefficient (Wildman–Crippen LogP) is 1.27. The van der Waals surface area contributed by atoms with Gasteiger partial charge in [-0.25, -0.2) is 0 Å². The molecule has 1 aliphatic rings. The van der Waals surface area contributed by atoms with Crippen molar-refractivity contribution in [3.8, 4) is 0 Å². The van der Waals surface area contributed by atoms with Gasteiger partial charge in [0.1, 0.15) is 0 Å². The molecule has 2 rings (SSSR count). The van der Waals surface area contributed by atoms with Crippen LogP contribution < -0.4 is 5.32 Å². The molecule has 1 fully saturated rings. The highest BCUT2D eigenvalue weighted by molar-refractivity contribution is 5.99. The van der Waals surface area contributed by atoms with E-state index in [1.54, 1.807) is 4.68 Å². The highest BCUT2D eigenvalue weighted by atomic mass is 16.2. The molecule has 0 radical (unpaired) electrons. The van der Waals surface area contributed by atoms with E-state index in [4.69, 9.17) is 0 Å². The van der Waals surface area contributed by atoms with Crippen LogP contribution in [0.15, 0.2) is 6.20 Å². The summed E-state index contributed by atoms with van der Waals surface area (Å²) in [6, 6.07) is 0. The van der Waals surface area contributed by atoms with Crippen LogP contribution in [0.2, 0.25) is 0 Å². The molecule has 2 amide bonds. The van der Waals surface area contributed by atoms with E-state index >= 15 is 0 Å². The number of aromatic nitrogens is 2. The Kier molecular flexibility index (Phi) is 3.50. The molecule has 0 saturated carbocycles. The summed E-state index contributed by atoms with van der Waals surface area (Å²) in [5.41, 5.74) is 1.94. The van der Waals surface area contributed by atoms with Gasteiger partial charge in [-0.15, -0.1) is 0 Å². The Bertz CT molecular complexity index is 479. The summed E-state index contributed by atoms with van der Waals surface area (Å²) < 4.78 is 1.74. The number of hydrogen-bond acceptors (Lipinski definition) is 3. The standard InChI is InChI=1S/C13H19N3O2/c1-4-5-9-10(6-12(17)14-13(9)18)11-7-16(3)15-8(11)2/h7,9-10H,4-6H2,1-3H3,(H,14,17,18).